The minimum absolute atomic E-state index is 0.369. The van der Waals surface area contributed by atoms with Crippen LogP contribution in [0.1, 0.15) is 31.9 Å². The fourth-order valence-corrected chi connectivity index (χ4v) is 1.57. The Balaban J connectivity index is 2.92. The van der Waals surface area contributed by atoms with Crippen LogP contribution in [0.15, 0.2) is 12.1 Å². The number of aryl methyl sites for hydroxylation is 1. The maximum Gasteiger partial charge on any atom is 0.412 e. The molecule has 0 saturated heterocycles. The van der Waals surface area contributed by atoms with Crippen LogP contribution in [-0.4, -0.2) is 11.7 Å². The maximum absolute atomic E-state index is 11.6. The predicted octanol–water partition coefficient (Wildman–Crippen LogP) is 3.87. The van der Waals surface area contributed by atoms with E-state index in [0.717, 1.165) is 5.56 Å². The lowest BCUT2D eigenvalue weighted by atomic mass is 10.1. The van der Waals surface area contributed by atoms with Gasteiger partial charge in [-0.15, -0.1) is 0 Å². The van der Waals surface area contributed by atoms with Gasteiger partial charge in [0.05, 0.1) is 22.3 Å². The highest BCUT2D eigenvalue weighted by Gasteiger charge is 2.17. The molecular formula is C13H15ClN2O2. The standard InChI is InChI=1S/C13H15ClN2O2/c1-8-5-10(14)11(6-9(8)7-15)16-12(17)18-13(2,3)4/h5-6H,1-4H3,(H,16,17). The highest BCUT2D eigenvalue weighted by molar-refractivity contribution is 6.33. The Kier molecular flexibility index (Phi) is 4.20. The van der Waals surface area contributed by atoms with Gasteiger partial charge in [-0.05, 0) is 45.4 Å². The number of hydrogen-bond donors (Lipinski definition) is 1. The molecule has 0 aromatic heterocycles. The van der Waals surface area contributed by atoms with Crippen molar-refractivity contribution in [1.82, 2.24) is 0 Å². The molecule has 1 N–H and O–H groups in total. The minimum Gasteiger partial charge on any atom is -0.444 e. The lowest BCUT2D eigenvalue weighted by Gasteiger charge is -2.20. The van der Waals surface area contributed by atoms with Gasteiger partial charge in [-0.2, -0.15) is 5.26 Å². The first-order chi connectivity index (χ1) is 8.23. The van der Waals surface area contributed by atoms with Gasteiger partial charge in [-0.1, -0.05) is 11.6 Å². The number of carbonyl (C=O) groups excluding carboxylic acids is 1. The molecule has 96 valence electrons. The summed E-state index contributed by atoms with van der Waals surface area (Å²) in [6, 6.07) is 5.19. The Hall–Kier alpha value is -1.73. The smallest absolute Gasteiger partial charge is 0.412 e. The molecule has 0 atom stereocenters. The summed E-state index contributed by atoms with van der Waals surface area (Å²) >= 11 is 5.99. The largest absolute Gasteiger partial charge is 0.444 e. The maximum atomic E-state index is 11.6. The number of anilines is 1. The molecule has 1 aromatic rings. The zero-order valence-corrected chi connectivity index (χ0v) is 11.6. The van der Waals surface area contributed by atoms with E-state index in [1.165, 1.54) is 6.07 Å². The molecule has 0 fully saturated rings. The van der Waals surface area contributed by atoms with E-state index in [4.69, 9.17) is 21.6 Å². The summed E-state index contributed by atoms with van der Waals surface area (Å²) in [4.78, 5) is 11.6. The fraction of sp³-hybridized carbons (Fsp3) is 0.385. The number of carbonyl (C=O) groups is 1. The molecule has 0 unspecified atom stereocenters. The van der Waals surface area contributed by atoms with Gasteiger partial charge < -0.3 is 4.74 Å². The molecule has 4 nitrogen and oxygen atoms in total. The van der Waals surface area contributed by atoms with Crippen LogP contribution in [0.4, 0.5) is 10.5 Å². The fourth-order valence-electron chi connectivity index (χ4n) is 1.30. The molecule has 0 radical (unpaired) electrons. The molecule has 1 aromatic carbocycles. The molecule has 0 aliphatic carbocycles. The molecule has 0 bridgehead atoms. The minimum atomic E-state index is -0.600. The van der Waals surface area contributed by atoms with Gasteiger partial charge in [-0.25, -0.2) is 4.79 Å². The van der Waals surface area contributed by atoms with Crippen molar-refractivity contribution in [3.63, 3.8) is 0 Å². The Morgan fingerprint density at radius 2 is 2.06 bits per heavy atom. The summed E-state index contributed by atoms with van der Waals surface area (Å²) in [5.41, 5.74) is 1.01. The molecule has 0 spiro atoms. The van der Waals surface area contributed by atoms with Gasteiger partial charge in [0.25, 0.3) is 0 Å². The van der Waals surface area contributed by atoms with Crippen LogP contribution in [0.3, 0.4) is 0 Å². The second kappa shape index (κ2) is 5.28. The van der Waals surface area contributed by atoms with Gasteiger partial charge >= 0.3 is 6.09 Å². The average molecular weight is 267 g/mol. The summed E-state index contributed by atoms with van der Waals surface area (Å²) in [7, 11) is 0. The van der Waals surface area contributed by atoms with Gasteiger partial charge in [0.1, 0.15) is 5.60 Å². The number of halogens is 1. The van der Waals surface area contributed by atoms with Gasteiger partial charge in [0.2, 0.25) is 0 Å². The number of hydrogen-bond acceptors (Lipinski definition) is 3. The van der Waals surface area contributed by atoms with E-state index in [-0.39, 0.29) is 0 Å². The van der Waals surface area contributed by atoms with Crippen molar-refractivity contribution in [2.24, 2.45) is 0 Å². The third-order valence-corrected chi connectivity index (χ3v) is 2.38. The van der Waals surface area contributed by atoms with E-state index in [2.05, 4.69) is 5.32 Å². The number of benzene rings is 1. The van der Waals surface area contributed by atoms with Crippen molar-refractivity contribution in [3.8, 4) is 6.07 Å². The van der Waals surface area contributed by atoms with E-state index in [9.17, 15) is 4.79 Å². The van der Waals surface area contributed by atoms with E-state index in [0.29, 0.717) is 16.3 Å². The quantitative estimate of drug-likeness (QED) is 0.839. The molecular weight excluding hydrogens is 252 g/mol. The van der Waals surface area contributed by atoms with Crippen molar-refractivity contribution >= 4 is 23.4 Å². The second-order valence-corrected chi connectivity index (χ2v) is 5.29. The third kappa shape index (κ3) is 3.94. The SMILES string of the molecule is Cc1cc(Cl)c(NC(=O)OC(C)(C)C)cc1C#N. The van der Waals surface area contributed by atoms with Crippen LogP contribution in [-0.2, 0) is 4.74 Å². The van der Waals surface area contributed by atoms with Gasteiger partial charge in [0, 0.05) is 0 Å². The summed E-state index contributed by atoms with van der Waals surface area (Å²) in [5.74, 6) is 0. The van der Waals surface area contributed by atoms with Crippen LogP contribution in [0.2, 0.25) is 5.02 Å². The van der Waals surface area contributed by atoms with Gasteiger partial charge in [-0.3, -0.25) is 5.32 Å². The first-order valence-electron chi connectivity index (χ1n) is 5.43. The topological polar surface area (TPSA) is 62.1 Å². The van der Waals surface area contributed by atoms with Crippen molar-refractivity contribution in [2.45, 2.75) is 33.3 Å². The molecule has 5 heteroatoms. The molecule has 0 aliphatic heterocycles. The van der Waals surface area contributed by atoms with Crippen LogP contribution in [0.25, 0.3) is 0 Å². The number of nitrogens with one attached hydrogen (secondary N) is 1. The third-order valence-electron chi connectivity index (χ3n) is 2.07. The molecule has 0 heterocycles. The number of rotatable bonds is 1. The van der Waals surface area contributed by atoms with E-state index in [1.807, 2.05) is 6.07 Å². The first kappa shape index (κ1) is 14.3. The van der Waals surface area contributed by atoms with Crippen molar-refractivity contribution < 1.29 is 9.53 Å². The zero-order valence-electron chi connectivity index (χ0n) is 10.8. The molecule has 0 saturated carbocycles. The highest BCUT2D eigenvalue weighted by atomic mass is 35.5. The monoisotopic (exact) mass is 266 g/mol. The lowest BCUT2D eigenvalue weighted by molar-refractivity contribution is 0.0636. The number of amides is 1. The highest BCUT2D eigenvalue weighted by Crippen LogP contribution is 2.26. The summed E-state index contributed by atoms with van der Waals surface area (Å²) in [6.07, 6.45) is -0.600. The summed E-state index contributed by atoms with van der Waals surface area (Å²) in [5, 5.41) is 11.8. The number of ether oxygens (including phenoxy) is 1. The van der Waals surface area contributed by atoms with E-state index >= 15 is 0 Å². The molecule has 1 amide bonds. The molecule has 1 rings (SSSR count). The normalized spacial score (nSPS) is 10.7. The second-order valence-electron chi connectivity index (χ2n) is 4.89. The number of nitrogens with zero attached hydrogens (tertiary/aromatic N) is 1. The Morgan fingerprint density at radius 1 is 1.44 bits per heavy atom. The van der Waals surface area contributed by atoms with Crippen molar-refractivity contribution in [1.29, 1.82) is 5.26 Å². The van der Waals surface area contributed by atoms with Crippen molar-refractivity contribution in [2.75, 3.05) is 5.32 Å². The zero-order chi connectivity index (χ0) is 13.9. The van der Waals surface area contributed by atoms with Crippen LogP contribution in [0, 0.1) is 18.3 Å². The lowest BCUT2D eigenvalue weighted by Crippen LogP contribution is -2.27. The van der Waals surface area contributed by atoms with E-state index < -0.39 is 11.7 Å². The summed E-state index contributed by atoms with van der Waals surface area (Å²) in [6.45, 7) is 7.08. The Bertz CT molecular complexity index is 513. The van der Waals surface area contributed by atoms with E-state index in [1.54, 1.807) is 33.8 Å². The Morgan fingerprint density at radius 3 is 2.56 bits per heavy atom. The molecule has 0 aliphatic rings. The van der Waals surface area contributed by atoms with Crippen LogP contribution >= 0.6 is 11.6 Å². The van der Waals surface area contributed by atoms with Crippen molar-refractivity contribution in [3.05, 3.63) is 28.3 Å². The predicted molar refractivity (Wildman–Crippen MR) is 70.8 cm³/mol. The molecule has 18 heavy (non-hydrogen) atoms. The van der Waals surface area contributed by atoms with Crippen LogP contribution in [0.5, 0.6) is 0 Å². The first-order valence-corrected chi connectivity index (χ1v) is 5.81. The number of nitriles is 1. The van der Waals surface area contributed by atoms with Crippen LogP contribution < -0.4 is 5.32 Å². The Labute approximate surface area is 112 Å². The summed E-state index contributed by atoms with van der Waals surface area (Å²) < 4.78 is 5.11. The van der Waals surface area contributed by atoms with Gasteiger partial charge in [0.15, 0.2) is 0 Å². The average Bonchev–Trinajstić information content (AvgIpc) is 2.19.